The van der Waals surface area contributed by atoms with Crippen LogP contribution < -0.4 is 9.46 Å². The van der Waals surface area contributed by atoms with Crippen molar-refractivity contribution in [1.29, 1.82) is 0 Å². The fraction of sp³-hybridized carbons (Fsp3) is 0.500. The third-order valence-corrected chi connectivity index (χ3v) is 4.19. The van der Waals surface area contributed by atoms with Gasteiger partial charge in [0.1, 0.15) is 0 Å². The molecule has 1 N–H and O–H groups in total. The van der Waals surface area contributed by atoms with Gasteiger partial charge in [-0.3, -0.25) is 10.1 Å². The van der Waals surface area contributed by atoms with Crippen molar-refractivity contribution in [2.45, 2.75) is 11.3 Å². The number of benzene rings is 1. The van der Waals surface area contributed by atoms with Crippen molar-refractivity contribution in [2.24, 2.45) is 0 Å². The quantitative estimate of drug-likeness (QED) is 0.433. The SMILES string of the molecule is COc1ccc(S(=O)(=O)NCCCN(C)C)cc1[N+](=O)[O-]. The number of hydrogen-bond acceptors (Lipinski definition) is 6. The van der Waals surface area contributed by atoms with Gasteiger partial charge in [0, 0.05) is 12.6 Å². The molecule has 0 aliphatic heterocycles. The van der Waals surface area contributed by atoms with Gasteiger partial charge in [0.2, 0.25) is 10.0 Å². The molecule has 1 aromatic carbocycles. The van der Waals surface area contributed by atoms with Crippen LogP contribution in [-0.4, -0.2) is 52.5 Å². The Morgan fingerprint density at radius 2 is 2.05 bits per heavy atom. The molecule has 0 amide bonds. The highest BCUT2D eigenvalue weighted by molar-refractivity contribution is 7.89. The highest BCUT2D eigenvalue weighted by atomic mass is 32.2. The summed E-state index contributed by atoms with van der Waals surface area (Å²) in [6.45, 7) is 1.01. The van der Waals surface area contributed by atoms with Gasteiger partial charge in [-0.05, 0) is 39.2 Å². The Balaban J connectivity index is 2.88. The lowest BCUT2D eigenvalue weighted by molar-refractivity contribution is -0.386. The fourth-order valence-corrected chi connectivity index (χ4v) is 2.76. The van der Waals surface area contributed by atoms with Gasteiger partial charge in [-0.15, -0.1) is 0 Å². The lowest BCUT2D eigenvalue weighted by Crippen LogP contribution is -2.27. The molecule has 0 aliphatic carbocycles. The summed E-state index contributed by atoms with van der Waals surface area (Å²) in [6, 6.07) is 3.54. The minimum absolute atomic E-state index is 0.0200. The lowest BCUT2D eigenvalue weighted by atomic mass is 10.3. The molecule has 118 valence electrons. The second-order valence-electron chi connectivity index (χ2n) is 4.65. The van der Waals surface area contributed by atoms with Gasteiger partial charge >= 0.3 is 5.69 Å². The van der Waals surface area contributed by atoms with E-state index in [1.807, 2.05) is 19.0 Å². The van der Waals surface area contributed by atoms with Crippen LogP contribution in [0.1, 0.15) is 6.42 Å². The molecule has 1 aromatic rings. The Hall–Kier alpha value is -1.71. The Labute approximate surface area is 123 Å². The van der Waals surface area contributed by atoms with E-state index < -0.39 is 14.9 Å². The van der Waals surface area contributed by atoms with E-state index in [-0.39, 0.29) is 22.9 Å². The number of nitro benzene ring substituents is 1. The first-order valence-corrected chi connectivity index (χ1v) is 7.73. The van der Waals surface area contributed by atoms with Crippen molar-refractivity contribution in [3.8, 4) is 5.75 Å². The number of nitrogens with zero attached hydrogens (tertiary/aromatic N) is 2. The standard InChI is InChI=1S/C12H19N3O5S/c1-14(2)8-4-7-13-21(18,19)10-5-6-12(20-3)11(9-10)15(16)17/h5-6,9,13H,4,7-8H2,1-3H3. The van der Waals surface area contributed by atoms with Crippen LogP contribution in [0.15, 0.2) is 23.1 Å². The van der Waals surface area contributed by atoms with Gasteiger partial charge in [0.05, 0.1) is 16.9 Å². The van der Waals surface area contributed by atoms with Gasteiger partial charge in [-0.2, -0.15) is 0 Å². The first-order chi connectivity index (χ1) is 9.77. The Kier molecular flexibility index (Phi) is 6.06. The zero-order valence-corrected chi connectivity index (χ0v) is 13.0. The summed E-state index contributed by atoms with van der Waals surface area (Å²) >= 11 is 0. The van der Waals surface area contributed by atoms with Crippen LogP contribution in [-0.2, 0) is 10.0 Å². The molecule has 0 heterocycles. The maximum absolute atomic E-state index is 12.1. The second kappa shape index (κ2) is 7.34. The third-order valence-electron chi connectivity index (χ3n) is 2.73. The van der Waals surface area contributed by atoms with E-state index in [0.717, 1.165) is 12.6 Å². The number of sulfonamides is 1. The number of nitrogens with one attached hydrogen (secondary N) is 1. The van der Waals surface area contributed by atoms with Crippen LogP contribution >= 0.6 is 0 Å². The Morgan fingerprint density at radius 1 is 1.38 bits per heavy atom. The van der Waals surface area contributed by atoms with Gasteiger partial charge in [0.15, 0.2) is 5.75 Å². The highest BCUT2D eigenvalue weighted by Gasteiger charge is 2.21. The molecule has 0 radical (unpaired) electrons. The molecule has 0 aromatic heterocycles. The summed E-state index contributed by atoms with van der Waals surface area (Å²) in [4.78, 5) is 12.0. The summed E-state index contributed by atoms with van der Waals surface area (Å²) in [6.07, 6.45) is 0.643. The van der Waals surface area contributed by atoms with Crippen LogP contribution in [0.3, 0.4) is 0 Å². The average molecular weight is 317 g/mol. The van der Waals surface area contributed by atoms with Crippen molar-refractivity contribution in [2.75, 3.05) is 34.3 Å². The molecule has 0 saturated heterocycles. The van der Waals surface area contributed by atoms with E-state index in [0.29, 0.717) is 6.42 Å². The molecule has 0 fully saturated rings. The van der Waals surface area contributed by atoms with E-state index in [9.17, 15) is 18.5 Å². The number of ether oxygens (including phenoxy) is 1. The Bertz CT molecular complexity index is 601. The van der Waals surface area contributed by atoms with E-state index in [1.165, 1.54) is 19.2 Å². The second-order valence-corrected chi connectivity index (χ2v) is 6.41. The van der Waals surface area contributed by atoms with E-state index >= 15 is 0 Å². The molecular formula is C12H19N3O5S. The van der Waals surface area contributed by atoms with E-state index in [1.54, 1.807) is 0 Å². The molecular weight excluding hydrogens is 298 g/mol. The average Bonchev–Trinajstić information content (AvgIpc) is 2.42. The zero-order chi connectivity index (χ0) is 16.0. The van der Waals surface area contributed by atoms with Crippen LogP contribution in [0.2, 0.25) is 0 Å². The number of hydrogen-bond donors (Lipinski definition) is 1. The molecule has 1 rings (SSSR count). The zero-order valence-electron chi connectivity index (χ0n) is 12.2. The lowest BCUT2D eigenvalue weighted by Gasteiger charge is -2.10. The predicted molar refractivity (Wildman–Crippen MR) is 78.0 cm³/mol. The molecule has 0 atom stereocenters. The topological polar surface area (TPSA) is 102 Å². The van der Waals surface area contributed by atoms with Crippen molar-refractivity contribution in [1.82, 2.24) is 9.62 Å². The monoisotopic (exact) mass is 317 g/mol. The third kappa shape index (κ3) is 4.96. The molecule has 21 heavy (non-hydrogen) atoms. The first-order valence-electron chi connectivity index (χ1n) is 6.24. The van der Waals surface area contributed by atoms with Gasteiger partial charge in [0.25, 0.3) is 0 Å². The normalized spacial score (nSPS) is 11.6. The summed E-state index contributed by atoms with van der Waals surface area (Å²) < 4.78 is 31.4. The number of nitro groups is 1. The van der Waals surface area contributed by atoms with Crippen molar-refractivity contribution >= 4 is 15.7 Å². The maximum atomic E-state index is 12.1. The number of rotatable bonds is 8. The molecule has 0 unspecified atom stereocenters. The van der Waals surface area contributed by atoms with Gasteiger partial charge in [-0.25, -0.2) is 13.1 Å². The largest absolute Gasteiger partial charge is 0.490 e. The van der Waals surface area contributed by atoms with Gasteiger partial charge < -0.3 is 9.64 Å². The van der Waals surface area contributed by atoms with E-state index in [2.05, 4.69) is 4.72 Å². The summed E-state index contributed by atoms with van der Waals surface area (Å²) in [7, 11) is 1.30. The summed E-state index contributed by atoms with van der Waals surface area (Å²) in [5.74, 6) is 0.0200. The molecule has 0 spiro atoms. The minimum Gasteiger partial charge on any atom is -0.490 e. The van der Waals surface area contributed by atoms with Crippen LogP contribution in [0.4, 0.5) is 5.69 Å². The molecule has 0 saturated carbocycles. The molecule has 8 nitrogen and oxygen atoms in total. The fourth-order valence-electron chi connectivity index (χ4n) is 1.66. The number of methoxy groups -OCH3 is 1. The summed E-state index contributed by atoms with van der Waals surface area (Å²) in [5, 5.41) is 10.9. The molecule has 9 heteroatoms. The highest BCUT2D eigenvalue weighted by Crippen LogP contribution is 2.29. The maximum Gasteiger partial charge on any atom is 0.312 e. The molecule has 0 bridgehead atoms. The molecule has 0 aliphatic rings. The smallest absolute Gasteiger partial charge is 0.312 e. The van der Waals surface area contributed by atoms with Gasteiger partial charge in [-0.1, -0.05) is 0 Å². The van der Waals surface area contributed by atoms with Crippen LogP contribution in [0, 0.1) is 10.1 Å². The van der Waals surface area contributed by atoms with Crippen LogP contribution in [0.25, 0.3) is 0 Å². The van der Waals surface area contributed by atoms with Crippen LogP contribution in [0.5, 0.6) is 5.75 Å². The predicted octanol–water partition coefficient (Wildman–Crippen LogP) is 0.833. The van der Waals surface area contributed by atoms with Crippen molar-refractivity contribution < 1.29 is 18.1 Å². The first kappa shape index (κ1) is 17.3. The van der Waals surface area contributed by atoms with E-state index in [4.69, 9.17) is 4.74 Å². The van der Waals surface area contributed by atoms with Crippen molar-refractivity contribution in [3.63, 3.8) is 0 Å². The minimum atomic E-state index is -3.77. The Morgan fingerprint density at radius 3 is 2.57 bits per heavy atom. The van der Waals surface area contributed by atoms with Crippen molar-refractivity contribution in [3.05, 3.63) is 28.3 Å². The summed E-state index contributed by atoms with van der Waals surface area (Å²) in [5.41, 5.74) is -0.381.